The zero-order valence-electron chi connectivity index (χ0n) is 9.70. The number of nitrogens with zero attached hydrogens (tertiary/aromatic N) is 2. The van der Waals surface area contributed by atoms with Gasteiger partial charge in [0.05, 0.1) is 11.5 Å². The van der Waals surface area contributed by atoms with Crippen LogP contribution in [0.4, 0.5) is 0 Å². The minimum atomic E-state index is -0.143. The SMILES string of the molecule is NCC(Sc1n[nH]c(=O)n1C1CC1)c1ccco1. The highest BCUT2D eigenvalue weighted by molar-refractivity contribution is 7.99. The number of aromatic nitrogens is 3. The van der Waals surface area contributed by atoms with E-state index < -0.39 is 0 Å². The van der Waals surface area contributed by atoms with Crippen LogP contribution in [0.1, 0.15) is 29.9 Å². The molecule has 1 fully saturated rings. The molecule has 0 saturated heterocycles. The first-order valence-corrected chi connectivity index (χ1v) is 6.74. The van der Waals surface area contributed by atoms with Gasteiger partial charge in [-0.05, 0) is 25.0 Å². The van der Waals surface area contributed by atoms with E-state index in [0.29, 0.717) is 17.7 Å². The fourth-order valence-electron chi connectivity index (χ4n) is 1.85. The van der Waals surface area contributed by atoms with E-state index in [1.54, 1.807) is 10.8 Å². The Bertz CT molecular complexity index is 570. The molecule has 7 heteroatoms. The van der Waals surface area contributed by atoms with Gasteiger partial charge in [0.1, 0.15) is 5.76 Å². The lowest BCUT2D eigenvalue weighted by Gasteiger charge is -2.11. The number of thioether (sulfide) groups is 1. The van der Waals surface area contributed by atoms with Crippen LogP contribution in [-0.2, 0) is 0 Å². The van der Waals surface area contributed by atoms with E-state index in [2.05, 4.69) is 10.2 Å². The van der Waals surface area contributed by atoms with E-state index in [1.165, 1.54) is 11.8 Å². The van der Waals surface area contributed by atoms with Crippen molar-refractivity contribution in [1.82, 2.24) is 14.8 Å². The van der Waals surface area contributed by atoms with Gasteiger partial charge in [-0.3, -0.25) is 4.57 Å². The predicted octanol–water partition coefficient (Wildman–Crippen LogP) is 1.29. The molecule has 0 aromatic carbocycles. The first-order valence-electron chi connectivity index (χ1n) is 5.86. The Morgan fingerprint density at radius 3 is 3.11 bits per heavy atom. The average molecular weight is 266 g/mol. The van der Waals surface area contributed by atoms with Crippen LogP contribution in [0.15, 0.2) is 32.8 Å². The summed E-state index contributed by atoms with van der Waals surface area (Å²) in [5.74, 6) is 0.806. The molecule has 2 aromatic rings. The summed E-state index contributed by atoms with van der Waals surface area (Å²) in [7, 11) is 0. The standard InChI is InChI=1S/C11H14N4O2S/c12-6-9(8-2-1-5-17-8)18-11-14-13-10(16)15(11)7-3-4-7/h1-2,5,7,9H,3-4,6,12H2,(H,13,16). The van der Waals surface area contributed by atoms with Gasteiger partial charge in [0.25, 0.3) is 0 Å². The Kier molecular flexibility index (Phi) is 3.00. The summed E-state index contributed by atoms with van der Waals surface area (Å²) in [6.45, 7) is 0.434. The van der Waals surface area contributed by atoms with E-state index >= 15 is 0 Å². The van der Waals surface area contributed by atoms with Crippen molar-refractivity contribution in [2.45, 2.75) is 29.3 Å². The summed E-state index contributed by atoms with van der Waals surface area (Å²) in [5.41, 5.74) is 5.61. The van der Waals surface area contributed by atoms with Gasteiger partial charge in [-0.15, -0.1) is 5.10 Å². The topological polar surface area (TPSA) is 89.8 Å². The summed E-state index contributed by atoms with van der Waals surface area (Å²) >= 11 is 1.46. The summed E-state index contributed by atoms with van der Waals surface area (Å²) in [4.78, 5) is 11.7. The van der Waals surface area contributed by atoms with Crippen molar-refractivity contribution in [3.8, 4) is 0 Å². The summed E-state index contributed by atoms with van der Waals surface area (Å²) in [5, 5.41) is 7.23. The smallest absolute Gasteiger partial charge is 0.344 e. The Morgan fingerprint density at radius 1 is 1.67 bits per heavy atom. The molecule has 1 aliphatic carbocycles. The molecule has 1 aliphatic rings. The van der Waals surface area contributed by atoms with Gasteiger partial charge in [0.15, 0.2) is 5.16 Å². The van der Waals surface area contributed by atoms with E-state index in [4.69, 9.17) is 10.2 Å². The van der Waals surface area contributed by atoms with Crippen molar-refractivity contribution >= 4 is 11.8 Å². The second kappa shape index (κ2) is 4.66. The zero-order valence-corrected chi connectivity index (χ0v) is 10.5. The Morgan fingerprint density at radius 2 is 2.50 bits per heavy atom. The molecule has 0 aliphatic heterocycles. The van der Waals surface area contributed by atoms with Crippen molar-refractivity contribution in [3.05, 3.63) is 34.6 Å². The van der Waals surface area contributed by atoms with Crippen LogP contribution in [-0.4, -0.2) is 21.3 Å². The summed E-state index contributed by atoms with van der Waals surface area (Å²) < 4.78 is 7.07. The molecule has 96 valence electrons. The molecule has 6 nitrogen and oxygen atoms in total. The summed E-state index contributed by atoms with van der Waals surface area (Å²) in [6.07, 6.45) is 3.71. The summed E-state index contributed by atoms with van der Waals surface area (Å²) in [6, 6.07) is 4.02. The minimum absolute atomic E-state index is 0.0206. The van der Waals surface area contributed by atoms with Crippen LogP contribution in [0.25, 0.3) is 0 Å². The molecule has 3 rings (SSSR count). The molecular weight excluding hydrogens is 252 g/mol. The van der Waals surface area contributed by atoms with E-state index in [1.807, 2.05) is 12.1 Å². The van der Waals surface area contributed by atoms with Crippen molar-refractivity contribution in [2.24, 2.45) is 5.73 Å². The Labute approximate surface area is 108 Å². The normalized spacial score (nSPS) is 16.9. The Hall–Kier alpha value is -1.47. The molecule has 18 heavy (non-hydrogen) atoms. The van der Waals surface area contributed by atoms with Gasteiger partial charge in [-0.2, -0.15) is 0 Å². The van der Waals surface area contributed by atoms with Gasteiger partial charge in [-0.25, -0.2) is 9.89 Å². The van der Waals surface area contributed by atoms with Crippen molar-refractivity contribution in [1.29, 1.82) is 0 Å². The quantitative estimate of drug-likeness (QED) is 0.796. The number of furan rings is 1. The highest BCUT2D eigenvalue weighted by Gasteiger charge is 2.30. The number of nitrogens with two attached hydrogens (primary N) is 1. The van der Waals surface area contributed by atoms with Gasteiger partial charge in [-0.1, -0.05) is 11.8 Å². The maximum absolute atomic E-state index is 11.7. The fraction of sp³-hybridized carbons (Fsp3) is 0.455. The minimum Gasteiger partial charge on any atom is -0.468 e. The van der Waals surface area contributed by atoms with Crippen molar-refractivity contribution in [2.75, 3.05) is 6.54 Å². The maximum atomic E-state index is 11.7. The molecule has 1 atom stereocenters. The first kappa shape index (κ1) is 11.6. The second-order valence-electron chi connectivity index (χ2n) is 4.27. The zero-order chi connectivity index (χ0) is 12.5. The van der Waals surface area contributed by atoms with E-state index in [-0.39, 0.29) is 10.9 Å². The third-order valence-corrected chi connectivity index (χ3v) is 4.11. The van der Waals surface area contributed by atoms with Crippen molar-refractivity contribution in [3.63, 3.8) is 0 Å². The van der Waals surface area contributed by atoms with Gasteiger partial charge in [0, 0.05) is 12.6 Å². The molecular formula is C11H14N4O2S. The molecule has 1 unspecified atom stereocenters. The largest absolute Gasteiger partial charge is 0.468 e. The molecule has 3 N–H and O–H groups in total. The third kappa shape index (κ3) is 2.11. The van der Waals surface area contributed by atoms with Gasteiger partial charge >= 0.3 is 5.69 Å². The predicted molar refractivity (Wildman–Crippen MR) is 67.5 cm³/mol. The van der Waals surface area contributed by atoms with Crippen LogP contribution >= 0.6 is 11.8 Å². The molecule has 0 spiro atoms. The van der Waals surface area contributed by atoms with Gasteiger partial charge in [0.2, 0.25) is 0 Å². The lowest BCUT2D eigenvalue weighted by Crippen LogP contribution is -2.17. The highest BCUT2D eigenvalue weighted by atomic mass is 32.2. The molecule has 2 aromatic heterocycles. The number of nitrogens with one attached hydrogen (secondary N) is 1. The van der Waals surface area contributed by atoms with Crippen LogP contribution in [0.2, 0.25) is 0 Å². The van der Waals surface area contributed by atoms with E-state index in [9.17, 15) is 4.79 Å². The van der Waals surface area contributed by atoms with Crippen LogP contribution in [0.5, 0.6) is 0 Å². The number of rotatable bonds is 5. The highest BCUT2D eigenvalue weighted by Crippen LogP contribution is 2.39. The molecule has 0 amide bonds. The number of hydrogen-bond acceptors (Lipinski definition) is 5. The lowest BCUT2D eigenvalue weighted by molar-refractivity contribution is 0.506. The van der Waals surface area contributed by atoms with Crippen LogP contribution in [0, 0.1) is 0 Å². The van der Waals surface area contributed by atoms with E-state index in [0.717, 1.165) is 18.6 Å². The number of H-pyrrole nitrogens is 1. The molecule has 0 radical (unpaired) electrons. The van der Waals surface area contributed by atoms with Crippen LogP contribution < -0.4 is 11.4 Å². The number of aromatic amines is 1. The molecule has 1 saturated carbocycles. The molecule has 2 heterocycles. The fourth-order valence-corrected chi connectivity index (χ4v) is 2.90. The first-order chi connectivity index (χ1) is 8.79. The van der Waals surface area contributed by atoms with Gasteiger partial charge < -0.3 is 10.2 Å². The lowest BCUT2D eigenvalue weighted by atomic mass is 10.3. The number of hydrogen-bond donors (Lipinski definition) is 2. The Balaban J connectivity index is 1.85. The van der Waals surface area contributed by atoms with Crippen LogP contribution in [0.3, 0.4) is 0 Å². The second-order valence-corrected chi connectivity index (χ2v) is 5.44. The average Bonchev–Trinajstić information content (AvgIpc) is 2.92. The monoisotopic (exact) mass is 266 g/mol. The maximum Gasteiger partial charge on any atom is 0.344 e. The molecule has 0 bridgehead atoms. The third-order valence-electron chi connectivity index (χ3n) is 2.91. The van der Waals surface area contributed by atoms with Crippen molar-refractivity contribution < 1.29 is 4.42 Å².